The van der Waals surface area contributed by atoms with Crippen LogP contribution in [0.5, 0.6) is 0 Å². The Bertz CT molecular complexity index is 441. The van der Waals surface area contributed by atoms with Gasteiger partial charge in [0.2, 0.25) is 5.13 Å². The highest BCUT2D eigenvalue weighted by Gasteiger charge is 2.05. The van der Waals surface area contributed by atoms with Gasteiger partial charge in [0.1, 0.15) is 0 Å². The van der Waals surface area contributed by atoms with E-state index >= 15 is 0 Å². The first-order valence-electron chi connectivity index (χ1n) is 4.02. The molecule has 4 nitrogen and oxygen atoms in total. The standard InChI is InChI=1S/C7H7BrN4S3/c1-9-6-11-12-7(15-6)13-3-4-2-10-5(8)14-4/h2H,3H2,1H3,(H,9,11). The zero-order chi connectivity index (χ0) is 10.7. The van der Waals surface area contributed by atoms with Crippen molar-refractivity contribution in [3.8, 4) is 0 Å². The van der Waals surface area contributed by atoms with Crippen molar-refractivity contribution in [3.63, 3.8) is 0 Å². The minimum atomic E-state index is 0.850. The summed E-state index contributed by atoms with van der Waals surface area (Å²) in [5.41, 5.74) is 0. The number of rotatable bonds is 4. The van der Waals surface area contributed by atoms with E-state index < -0.39 is 0 Å². The van der Waals surface area contributed by atoms with Gasteiger partial charge in [0.15, 0.2) is 8.26 Å². The maximum atomic E-state index is 4.13. The Morgan fingerprint density at radius 2 is 2.33 bits per heavy atom. The van der Waals surface area contributed by atoms with Crippen LogP contribution in [0.3, 0.4) is 0 Å². The molecule has 0 radical (unpaired) electrons. The molecule has 0 atom stereocenters. The van der Waals surface area contributed by atoms with Crippen LogP contribution in [0.1, 0.15) is 4.88 Å². The second-order valence-corrected chi connectivity index (χ2v) is 7.08. The Morgan fingerprint density at radius 3 is 2.93 bits per heavy atom. The van der Waals surface area contributed by atoms with Gasteiger partial charge in [-0.15, -0.1) is 21.5 Å². The van der Waals surface area contributed by atoms with Crippen molar-refractivity contribution < 1.29 is 0 Å². The Balaban J connectivity index is 1.93. The molecule has 1 N–H and O–H groups in total. The van der Waals surface area contributed by atoms with Crippen LogP contribution in [0.15, 0.2) is 14.5 Å². The molecule has 0 aliphatic heterocycles. The number of nitrogens with one attached hydrogen (secondary N) is 1. The smallest absolute Gasteiger partial charge is 0.206 e. The third-order valence-electron chi connectivity index (χ3n) is 1.48. The lowest BCUT2D eigenvalue weighted by Crippen LogP contribution is -1.84. The summed E-state index contributed by atoms with van der Waals surface area (Å²) in [5, 5.41) is 11.8. The maximum Gasteiger partial charge on any atom is 0.206 e. The van der Waals surface area contributed by atoms with Crippen LogP contribution in [-0.4, -0.2) is 22.2 Å². The van der Waals surface area contributed by atoms with Crippen LogP contribution < -0.4 is 5.32 Å². The molecule has 0 fully saturated rings. The fraction of sp³-hybridized carbons (Fsp3) is 0.286. The summed E-state index contributed by atoms with van der Waals surface area (Å²) in [4.78, 5) is 5.36. The number of hydrogen-bond donors (Lipinski definition) is 1. The van der Waals surface area contributed by atoms with Gasteiger partial charge in [0, 0.05) is 23.9 Å². The quantitative estimate of drug-likeness (QED) is 0.876. The number of aromatic nitrogens is 3. The van der Waals surface area contributed by atoms with E-state index in [1.54, 1.807) is 34.4 Å². The molecule has 80 valence electrons. The van der Waals surface area contributed by atoms with Crippen molar-refractivity contribution in [2.45, 2.75) is 10.1 Å². The first-order chi connectivity index (χ1) is 7.28. The molecule has 0 saturated carbocycles. The van der Waals surface area contributed by atoms with Gasteiger partial charge in [0.25, 0.3) is 0 Å². The van der Waals surface area contributed by atoms with E-state index in [4.69, 9.17) is 0 Å². The third kappa shape index (κ3) is 3.13. The second kappa shape index (κ2) is 5.24. The van der Waals surface area contributed by atoms with Crippen LogP contribution in [0.2, 0.25) is 0 Å². The van der Waals surface area contributed by atoms with Crippen LogP contribution in [0.4, 0.5) is 5.13 Å². The summed E-state index contributed by atoms with van der Waals surface area (Å²) in [6.45, 7) is 0. The Morgan fingerprint density at radius 1 is 1.47 bits per heavy atom. The van der Waals surface area contributed by atoms with Gasteiger partial charge in [0.05, 0.1) is 0 Å². The van der Waals surface area contributed by atoms with Crippen molar-refractivity contribution in [3.05, 3.63) is 15.0 Å². The number of thiazole rings is 1. The Kier molecular flexibility index (Phi) is 3.95. The highest BCUT2D eigenvalue weighted by molar-refractivity contribution is 9.11. The first kappa shape index (κ1) is 11.3. The van der Waals surface area contributed by atoms with E-state index in [9.17, 15) is 0 Å². The van der Waals surface area contributed by atoms with Crippen LogP contribution in [0.25, 0.3) is 0 Å². The predicted octanol–water partition coefficient (Wildman–Crippen LogP) is 3.09. The molecule has 2 rings (SSSR count). The average molecular weight is 323 g/mol. The molecule has 0 spiro atoms. The van der Waals surface area contributed by atoms with Gasteiger partial charge in [-0.05, 0) is 15.9 Å². The minimum Gasteiger partial charge on any atom is -0.363 e. The van der Waals surface area contributed by atoms with Crippen molar-refractivity contribution in [2.24, 2.45) is 0 Å². The molecule has 0 unspecified atom stereocenters. The number of halogens is 1. The van der Waals surface area contributed by atoms with E-state index in [2.05, 4.69) is 36.4 Å². The summed E-state index contributed by atoms with van der Waals surface area (Å²) in [6.07, 6.45) is 1.88. The molecule has 0 saturated heterocycles. The average Bonchev–Trinajstić information content (AvgIpc) is 2.83. The van der Waals surface area contributed by atoms with Gasteiger partial charge in [-0.3, -0.25) is 0 Å². The van der Waals surface area contributed by atoms with Crippen molar-refractivity contribution in [1.82, 2.24) is 15.2 Å². The molecule has 0 bridgehead atoms. The summed E-state index contributed by atoms with van der Waals surface area (Å²) >= 11 is 8.22. The molecule has 2 aromatic rings. The van der Waals surface area contributed by atoms with Gasteiger partial charge in [-0.2, -0.15) is 0 Å². The van der Waals surface area contributed by atoms with E-state index in [1.165, 1.54) is 4.88 Å². The fourth-order valence-electron chi connectivity index (χ4n) is 0.852. The Hall–Kier alpha value is -0.180. The van der Waals surface area contributed by atoms with Crippen molar-refractivity contribution in [1.29, 1.82) is 0 Å². The van der Waals surface area contributed by atoms with Crippen LogP contribution in [-0.2, 0) is 5.75 Å². The lowest BCUT2D eigenvalue weighted by Gasteiger charge is -1.91. The SMILES string of the molecule is CNc1nnc(SCc2cnc(Br)s2)s1. The largest absolute Gasteiger partial charge is 0.363 e. The van der Waals surface area contributed by atoms with Crippen molar-refractivity contribution >= 4 is 55.5 Å². The normalized spacial score (nSPS) is 10.5. The third-order valence-corrected chi connectivity index (χ3v) is 5.27. The van der Waals surface area contributed by atoms with Crippen molar-refractivity contribution in [2.75, 3.05) is 12.4 Å². The zero-order valence-electron chi connectivity index (χ0n) is 7.73. The first-order valence-corrected chi connectivity index (χ1v) is 7.43. The molecule has 2 heterocycles. The summed E-state index contributed by atoms with van der Waals surface area (Å²) < 4.78 is 1.90. The molecule has 0 amide bonds. The molecule has 15 heavy (non-hydrogen) atoms. The summed E-state index contributed by atoms with van der Waals surface area (Å²) in [5.74, 6) is 0.890. The molecular weight excluding hydrogens is 316 g/mol. The fourth-order valence-corrected chi connectivity index (χ4v) is 3.94. The topological polar surface area (TPSA) is 50.7 Å². The minimum absolute atomic E-state index is 0.850. The number of nitrogens with zero attached hydrogens (tertiary/aromatic N) is 3. The molecule has 0 aliphatic rings. The number of thioether (sulfide) groups is 1. The van der Waals surface area contributed by atoms with Crippen LogP contribution >= 0.6 is 50.4 Å². The second-order valence-electron chi connectivity index (χ2n) is 2.49. The molecule has 2 aromatic heterocycles. The molecule has 8 heteroatoms. The highest BCUT2D eigenvalue weighted by Crippen LogP contribution is 2.30. The number of anilines is 1. The van der Waals surface area contributed by atoms with Gasteiger partial charge in [-0.1, -0.05) is 23.1 Å². The molecular formula is C7H7BrN4S3. The van der Waals surface area contributed by atoms with E-state index in [0.29, 0.717) is 0 Å². The highest BCUT2D eigenvalue weighted by atomic mass is 79.9. The van der Waals surface area contributed by atoms with E-state index in [-0.39, 0.29) is 0 Å². The summed E-state index contributed by atoms with van der Waals surface area (Å²) in [6, 6.07) is 0. The van der Waals surface area contributed by atoms with Gasteiger partial charge in [-0.25, -0.2) is 4.98 Å². The van der Waals surface area contributed by atoms with E-state index in [1.807, 2.05) is 13.2 Å². The zero-order valence-corrected chi connectivity index (χ0v) is 11.8. The predicted molar refractivity (Wildman–Crippen MR) is 68.8 cm³/mol. The molecule has 0 aromatic carbocycles. The molecule has 0 aliphatic carbocycles. The summed E-state index contributed by atoms with van der Waals surface area (Å²) in [7, 11) is 1.84. The van der Waals surface area contributed by atoms with Gasteiger partial charge < -0.3 is 5.32 Å². The van der Waals surface area contributed by atoms with E-state index in [0.717, 1.165) is 19.1 Å². The van der Waals surface area contributed by atoms with Gasteiger partial charge >= 0.3 is 0 Å². The van der Waals surface area contributed by atoms with Crippen LogP contribution in [0, 0.1) is 0 Å². The lowest BCUT2D eigenvalue weighted by atomic mass is 10.6. The Labute approximate surface area is 108 Å². The monoisotopic (exact) mass is 322 g/mol. The number of hydrogen-bond acceptors (Lipinski definition) is 7. The lowest BCUT2D eigenvalue weighted by molar-refractivity contribution is 1.01. The maximum absolute atomic E-state index is 4.13.